The third kappa shape index (κ3) is 1.81. The zero-order chi connectivity index (χ0) is 11.6. The minimum atomic E-state index is -0.230. The molecule has 0 bridgehead atoms. The van der Waals surface area contributed by atoms with Crippen LogP contribution in [0.15, 0.2) is 48.5 Å². The van der Waals surface area contributed by atoms with E-state index < -0.39 is 0 Å². The van der Waals surface area contributed by atoms with Gasteiger partial charge < -0.3 is 5.11 Å². The van der Waals surface area contributed by atoms with Crippen LogP contribution in [0.3, 0.4) is 0 Å². The molecule has 0 amide bonds. The molecule has 0 fully saturated rings. The van der Waals surface area contributed by atoms with Crippen LogP contribution in [-0.4, -0.2) is 5.11 Å². The molecule has 0 aliphatic carbocycles. The van der Waals surface area contributed by atoms with E-state index in [9.17, 15) is 5.11 Å². The first-order valence-electron chi connectivity index (χ1n) is 5.38. The van der Waals surface area contributed by atoms with E-state index in [4.69, 9.17) is 0 Å². The van der Waals surface area contributed by atoms with E-state index in [1.807, 2.05) is 42.5 Å². The molecule has 2 aromatic rings. The second-order valence-electron chi connectivity index (χ2n) is 4.42. The lowest BCUT2D eigenvalue weighted by molar-refractivity contribution is 0.453. The molecule has 0 atom stereocenters. The van der Waals surface area contributed by atoms with Crippen LogP contribution in [0.1, 0.15) is 25.0 Å². The standard InChI is InChI=1S/C15H15O/c1-15(2,12-8-4-3-5-9-12)13-10-6-7-11-14(13)16/h3-8,10-11,16H,1-2H3. The van der Waals surface area contributed by atoms with Crippen molar-refractivity contribution < 1.29 is 5.11 Å². The van der Waals surface area contributed by atoms with Crippen molar-refractivity contribution in [3.63, 3.8) is 0 Å². The van der Waals surface area contributed by atoms with Crippen LogP contribution < -0.4 is 0 Å². The number of para-hydroxylation sites is 1. The van der Waals surface area contributed by atoms with Crippen molar-refractivity contribution in [2.75, 3.05) is 0 Å². The lowest BCUT2D eigenvalue weighted by Crippen LogP contribution is -2.18. The Morgan fingerprint density at radius 1 is 1.00 bits per heavy atom. The van der Waals surface area contributed by atoms with Gasteiger partial charge in [-0.15, -0.1) is 0 Å². The molecule has 1 nitrogen and oxygen atoms in total. The van der Waals surface area contributed by atoms with Gasteiger partial charge in [0.1, 0.15) is 5.75 Å². The predicted octanol–water partition coefficient (Wildman–Crippen LogP) is 3.52. The summed E-state index contributed by atoms with van der Waals surface area (Å²) in [6.07, 6.45) is 0. The summed E-state index contributed by atoms with van der Waals surface area (Å²) in [6.45, 7) is 4.18. The van der Waals surface area contributed by atoms with E-state index in [2.05, 4.69) is 19.9 Å². The number of phenolic OH excluding ortho intramolecular Hbond substituents is 1. The molecule has 0 aliphatic heterocycles. The average Bonchev–Trinajstić information content (AvgIpc) is 2.30. The fraction of sp³-hybridized carbons (Fsp3) is 0.200. The van der Waals surface area contributed by atoms with Crippen LogP contribution in [0, 0.1) is 6.07 Å². The van der Waals surface area contributed by atoms with Crippen molar-refractivity contribution in [2.45, 2.75) is 19.3 Å². The van der Waals surface area contributed by atoms with E-state index in [0.29, 0.717) is 5.75 Å². The van der Waals surface area contributed by atoms with Crippen molar-refractivity contribution >= 4 is 0 Å². The molecule has 2 aromatic carbocycles. The maximum absolute atomic E-state index is 9.89. The second-order valence-corrected chi connectivity index (χ2v) is 4.42. The van der Waals surface area contributed by atoms with Crippen molar-refractivity contribution in [3.8, 4) is 5.75 Å². The first-order valence-corrected chi connectivity index (χ1v) is 5.38. The summed E-state index contributed by atoms with van der Waals surface area (Å²) < 4.78 is 0. The van der Waals surface area contributed by atoms with Crippen molar-refractivity contribution in [2.24, 2.45) is 0 Å². The van der Waals surface area contributed by atoms with Crippen molar-refractivity contribution in [1.29, 1.82) is 0 Å². The summed E-state index contributed by atoms with van der Waals surface area (Å²) >= 11 is 0. The topological polar surface area (TPSA) is 20.2 Å². The van der Waals surface area contributed by atoms with Gasteiger partial charge in [0.25, 0.3) is 0 Å². The molecule has 0 heterocycles. The van der Waals surface area contributed by atoms with Gasteiger partial charge in [0.15, 0.2) is 0 Å². The molecule has 1 heteroatoms. The van der Waals surface area contributed by atoms with Gasteiger partial charge in [-0.05, 0) is 17.7 Å². The van der Waals surface area contributed by atoms with Crippen LogP contribution in [0.2, 0.25) is 0 Å². The minimum Gasteiger partial charge on any atom is -0.508 e. The molecular formula is C15H15O. The average molecular weight is 211 g/mol. The Balaban J connectivity index is 2.51. The van der Waals surface area contributed by atoms with Crippen LogP contribution >= 0.6 is 0 Å². The summed E-state index contributed by atoms with van der Waals surface area (Å²) in [7, 11) is 0. The van der Waals surface area contributed by atoms with Gasteiger partial charge in [0.05, 0.1) is 0 Å². The molecule has 0 spiro atoms. The molecule has 16 heavy (non-hydrogen) atoms. The SMILES string of the molecule is CC(C)(c1[c]cccc1)c1ccccc1O. The van der Waals surface area contributed by atoms with E-state index >= 15 is 0 Å². The maximum atomic E-state index is 9.89. The number of rotatable bonds is 2. The number of hydrogen-bond acceptors (Lipinski definition) is 1. The second kappa shape index (κ2) is 4.01. The monoisotopic (exact) mass is 211 g/mol. The van der Waals surface area contributed by atoms with Gasteiger partial charge in [-0.2, -0.15) is 0 Å². The van der Waals surface area contributed by atoms with Gasteiger partial charge in [0.2, 0.25) is 0 Å². The van der Waals surface area contributed by atoms with Gasteiger partial charge in [0, 0.05) is 11.0 Å². The summed E-state index contributed by atoms with van der Waals surface area (Å²) in [5.41, 5.74) is 1.78. The van der Waals surface area contributed by atoms with Gasteiger partial charge in [-0.3, -0.25) is 0 Å². The molecule has 0 saturated carbocycles. The number of phenols is 1. The lowest BCUT2D eigenvalue weighted by Gasteiger charge is -2.26. The summed E-state index contributed by atoms with van der Waals surface area (Å²) in [4.78, 5) is 0. The molecule has 0 aliphatic rings. The molecule has 0 saturated heterocycles. The highest BCUT2D eigenvalue weighted by atomic mass is 16.3. The quantitative estimate of drug-likeness (QED) is 0.805. The Labute approximate surface area is 96.4 Å². The predicted molar refractivity (Wildman–Crippen MR) is 65.5 cm³/mol. The van der Waals surface area contributed by atoms with Crippen LogP contribution in [0.5, 0.6) is 5.75 Å². The third-order valence-electron chi connectivity index (χ3n) is 2.96. The van der Waals surface area contributed by atoms with Gasteiger partial charge in [-0.25, -0.2) is 0 Å². The molecule has 0 unspecified atom stereocenters. The van der Waals surface area contributed by atoms with Crippen LogP contribution in [-0.2, 0) is 5.41 Å². The minimum absolute atomic E-state index is 0.230. The number of aromatic hydroxyl groups is 1. The van der Waals surface area contributed by atoms with Crippen molar-refractivity contribution in [3.05, 3.63) is 65.7 Å². The van der Waals surface area contributed by atoms with E-state index in [0.717, 1.165) is 11.1 Å². The Bertz CT molecular complexity index is 472. The molecule has 0 aromatic heterocycles. The fourth-order valence-corrected chi connectivity index (χ4v) is 1.93. The van der Waals surface area contributed by atoms with Crippen LogP contribution in [0.4, 0.5) is 0 Å². The lowest BCUT2D eigenvalue weighted by atomic mass is 9.78. The van der Waals surface area contributed by atoms with Gasteiger partial charge in [-0.1, -0.05) is 56.3 Å². The largest absolute Gasteiger partial charge is 0.508 e. The highest BCUT2D eigenvalue weighted by Crippen LogP contribution is 2.35. The molecule has 1 N–H and O–H groups in total. The van der Waals surface area contributed by atoms with Crippen molar-refractivity contribution in [1.82, 2.24) is 0 Å². The first kappa shape index (κ1) is 10.7. The van der Waals surface area contributed by atoms with E-state index in [1.54, 1.807) is 6.07 Å². The fourth-order valence-electron chi connectivity index (χ4n) is 1.93. The molecule has 81 valence electrons. The maximum Gasteiger partial charge on any atom is 0.119 e. The zero-order valence-corrected chi connectivity index (χ0v) is 9.57. The Hall–Kier alpha value is -1.76. The molecular weight excluding hydrogens is 196 g/mol. The van der Waals surface area contributed by atoms with Gasteiger partial charge >= 0.3 is 0 Å². The highest BCUT2D eigenvalue weighted by molar-refractivity contribution is 5.44. The summed E-state index contributed by atoms with van der Waals surface area (Å²) in [5, 5.41) is 9.89. The number of hydrogen-bond donors (Lipinski definition) is 1. The normalized spacial score (nSPS) is 11.4. The summed E-state index contributed by atoms with van der Waals surface area (Å²) in [5.74, 6) is 0.338. The highest BCUT2D eigenvalue weighted by Gasteiger charge is 2.25. The molecule has 2 rings (SSSR count). The van der Waals surface area contributed by atoms with E-state index in [-0.39, 0.29) is 5.41 Å². The van der Waals surface area contributed by atoms with Crippen LogP contribution in [0.25, 0.3) is 0 Å². The Morgan fingerprint density at radius 2 is 1.69 bits per heavy atom. The number of benzene rings is 2. The Morgan fingerprint density at radius 3 is 2.31 bits per heavy atom. The first-order chi connectivity index (χ1) is 7.62. The Kier molecular flexibility index (Phi) is 2.69. The molecule has 1 radical (unpaired) electrons. The van der Waals surface area contributed by atoms with E-state index in [1.165, 1.54) is 0 Å². The third-order valence-corrected chi connectivity index (χ3v) is 2.96. The summed E-state index contributed by atoms with van der Waals surface area (Å²) in [6, 6.07) is 18.6. The zero-order valence-electron chi connectivity index (χ0n) is 9.57. The smallest absolute Gasteiger partial charge is 0.119 e.